The molecule has 1 aromatic carbocycles. The average molecular weight is 387 g/mol. The fraction of sp³-hybridized carbons (Fsp3) is 0.125. The number of carbonyl (C=O) groups is 1. The average Bonchev–Trinajstić information content (AvgIpc) is 2.90. The summed E-state index contributed by atoms with van der Waals surface area (Å²) in [6.07, 6.45) is 0.380. The lowest BCUT2D eigenvalue weighted by atomic mass is 9.96. The van der Waals surface area contributed by atoms with Crippen molar-refractivity contribution < 1.29 is 4.79 Å². The number of nitrogens with one attached hydrogen (secondary N) is 4. The van der Waals surface area contributed by atoms with Gasteiger partial charge in [-0.1, -0.05) is 24.3 Å². The molecule has 0 atom stereocenters. The first-order valence-electron chi connectivity index (χ1n) is 7.67. The molecule has 0 bridgehead atoms. The molecule has 3 rings (SSSR count). The lowest BCUT2D eigenvalue weighted by molar-refractivity contribution is -0.118. The van der Waals surface area contributed by atoms with E-state index in [0.717, 1.165) is 28.1 Å². The van der Waals surface area contributed by atoms with Crippen molar-refractivity contribution in [3.8, 4) is 0 Å². The van der Waals surface area contributed by atoms with Crippen LogP contribution in [0.5, 0.6) is 0 Å². The second-order valence-electron chi connectivity index (χ2n) is 5.66. The van der Waals surface area contributed by atoms with Crippen LogP contribution in [0.4, 0.5) is 0 Å². The van der Waals surface area contributed by atoms with E-state index in [-0.39, 0.29) is 16.1 Å². The van der Waals surface area contributed by atoms with Crippen LogP contribution in [0.2, 0.25) is 0 Å². The molecule has 1 aliphatic heterocycles. The SMILES string of the molecule is CC1=C(C(=O)NNC(N)=S)CC2=C(NNC(N)=S)c3ccccc3C2=N1. The Hall–Kier alpha value is -2.98. The maximum atomic E-state index is 12.4. The number of hydrazine groups is 2. The molecular weight excluding hydrogens is 370 g/mol. The standard InChI is InChI=1S/C16H17N7OS2/c1-7-10(14(24)21-23-16(18)26)6-11-12(19-7)8-4-2-3-5-9(8)13(11)20-22-15(17)25/h2-5,20H,6H2,1H3,(H,21,24)(H3,17,22,25)(H3,18,23,26). The fourth-order valence-electron chi connectivity index (χ4n) is 2.90. The van der Waals surface area contributed by atoms with E-state index in [4.69, 9.17) is 35.9 Å². The molecule has 0 aromatic heterocycles. The Kier molecular flexibility index (Phi) is 4.87. The van der Waals surface area contributed by atoms with Crippen molar-refractivity contribution in [3.63, 3.8) is 0 Å². The Morgan fingerprint density at radius 3 is 2.38 bits per heavy atom. The van der Waals surface area contributed by atoms with Gasteiger partial charge in [0.2, 0.25) is 0 Å². The third-order valence-corrected chi connectivity index (χ3v) is 4.20. The highest BCUT2D eigenvalue weighted by Gasteiger charge is 2.33. The highest BCUT2D eigenvalue weighted by Crippen LogP contribution is 2.38. The van der Waals surface area contributed by atoms with Gasteiger partial charge in [0.1, 0.15) is 0 Å². The molecule has 26 heavy (non-hydrogen) atoms. The summed E-state index contributed by atoms with van der Waals surface area (Å²) in [4.78, 5) is 17.1. The van der Waals surface area contributed by atoms with Crippen LogP contribution in [0.15, 0.2) is 46.1 Å². The number of fused-ring (bicyclic) bond motifs is 3. The summed E-state index contributed by atoms with van der Waals surface area (Å²) in [7, 11) is 0. The van der Waals surface area contributed by atoms with Gasteiger partial charge in [-0.05, 0) is 31.4 Å². The summed E-state index contributed by atoms with van der Waals surface area (Å²) in [6, 6.07) is 7.82. The van der Waals surface area contributed by atoms with Gasteiger partial charge >= 0.3 is 0 Å². The third-order valence-electron chi connectivity index (χ3n) is 3.99. The molecule has 0 unspecified atom stereocenters. The van der Waals surface area contributed by atoms with Crippen molar-refractivity contribution in [1.82, 2.24) is 21.7 Å². The number of rotatable bonds is 3. The molecule has 2 aliphatic rings. The maximum Gasteiger partial charge on any atom is 0.267 e. The maximum absolute atomic E-state index is 12.4. The molecule has 0 fully saturated rings. The van der Waals surface area contributed by atoms with Crippen molar-refractivity contribution in [1.29, 1.82) is 0 Å². The van der Waals surface area contributed by atoms with E-state index in [1.807, 2.05) is 24.3 Å². The minimum atomic E-state index is -0.344. The summed E-state index contributed by atoms with van der Waals surface area (Å²) in [5, 5.41) is 0.0919. The molecule has 0 spiro atoms. The van der Waals surface area contributed by atoms with Crippen LogP contribution < -0.4 is 33.2 Å². The van der Waals surface area contributed by atoms with Gasteiger partial charge in [-0.2, -0.15) is 0 Å². The number of hydrogen-bond acceptors (Lipinski definition) is 5. The van der Waals surface area contributed by atoms with E-state index in [0.29, 0.717) is 17.7 Å². The van der Waals surface area contributed by atoms with Gasteiger partial charge < -0.3 is 11.5 Å². The van der Waals surface area contributed by atoms with Gasteiger partial charge in [0.05, 0.1) is 11.4 Å². The minimum Gasteiger partial charge on any atom is -0.375 e. The van der Waals surface area contributed by atoms with Crippen molar-refractivity contribution in [3.05, 3.63) is 52.2 Å². The topological polar surface area (TPSA) is 130 Å². The lowest BCUT2D eigenvalue weighted by Crippen LogP contribution is -2.45. The number of allylic oxidation sites excluding steroid dienone is 2. The highest BCUT2D eigenvalue weighted by molar-refractivity contribution is 7.80. The summed E-state index contributed by atoms with van der Waals surface area (Å²) in [5.74, 6) is -0.344. The van der Waals surface area contributed by atoms with Crippen molar-refractivity contribution in [2.75, 3.05) is 0 Å². The zero-order valence-electron chi connectivity index (χ0n) is 13.8. The predicted octanol–water partition coefficient (Wildman–Crippen LogP) is 0.0803. The summed E-state index contributed by atoms with van der Waals surface area (Å²) >= 11 is 9.56. The molecule has 1 amide bonds. The number of thiocarbonyl (C=S) groups is 2. The van der Waals surface area contributed by atoms with E-state index in [9.17, 15) is 4.79 Å². The van der Waals surface area contributed by atoms with Gasteiger partial charge in [-0.3, -0.25) is 31.5 Å². The normalized spacial score (nSPS) is 14.9. The monoisotopic (exact) mass is 387 g/mol. The second kappa shape index (κ2) is 7.10. The molecule has 134 valence electrons. The van der Waals surface area contributed by atoms with E-state index in [2.05, 4.69) is 26.7 Å². The van der Waals surface area contributed by atoms with E-state index in [1.165, 1.54) is 0 Å². The number of nitrogens with zero attached hydrogens (tertiary/aromatic N) is 1. The number of carbonyl (C=O) groups excluding carboxylic acids is 1. The molecule has 1 aliphatic carbocycles. The lowest BCUT2D eigenvalue weighted by Gasteiger charge is -2.19. The van der Waals surface area contributed by atoms with Crippen LogP contribution >= 0.6 is 24.4 Å². The molecule has 1 aromatic rings. The van der Waals surface area contributed by atoms with Crippen LogP contribution in [-0.2, 0) is 4.79 Å². The van der Waals surface area contributed by atoms with Gasteiger partial charge in [0.25, 0.3) is 5.91 Å². The van der Waals surface area contributed by atoms with Crippen molar-refractivity contribution in [2.24, 2.45) is 16.5 Å². The Labute approximate surface area is 160 Å². The molecule has 8 nitrogen and oxygen atoms in total. The fourth-order valence-corrected chi connectivity index (χ4v) is 3.00. The van der Waals surface area contributed by atoms with Crippen molar-refractivity contribution >= 4 is 52.0 Å². The van der Waals surface area contributed by atoms with Crippen LogP contribution in [0, 0.1) is 0 Å². The van der Waals surface area contributed by atoms with Gasteiger partial charge in [0.15, 0.2) is 10.2 Å². The van der Waals surface area contributed by atoms with E-state index in [1.54, 1.807) is 6.92 Å². The van der Waals surface area contributed by atoms with Crippen LogP contribution in [0.25, 0.3) is 5.70 Å². The van der Waals surface area contributed by atoms with Crippen molar-refractivity contribution in [2.45, 2.75) is 13.3 Å². The zero-order valence-corrected chi connectivity index (χ0v) is 15.5. The number of benzene rings is 1. The molecule has 0 saturated heterocycles. The Morgan fingerprint density at radius 2 is 1.73 bits per heavy atom. The number of amides is 1. The molecule has 0 radical (unpaired) electrons. The van der Waals surface area contributed by atoms with Crippen LogP contribution in [0.1, 0.15) is 24.5 Å². The van der Waals surface area contributed by atoms with E-state index < -0.39 is 0 Å². The number of aliphatic imine (C=N–C) groups is 1. The summed E-state index contributed by atoms with van der Waals surface area (Å²) in [5.41, 5.74) is 27.1. The molecule has 1 heterocycles. The zero-order chi connectivity index (χ0) is 18.8. The summed E-state index contributed by atoms with van der Waals surface area (Å²) in [6.45, 7) is 1.79. The molecular formula is C16H17N7OS2. The number of hydrogen-bond donors (Lipinski definition) is 6. The molecule has 0 saturated carbocycles. The quantitative estimate of drug-likeness (QED) is 0.318. The van der Waals surface area contributed by atoms with Gasteiger partial charge in [0, 0.05) is 34.4 Å². The number of nitrogens with two attached hydrogens (primary N) is 2. The molecule has 10 heteroatoms. The third kappa shape index (κ3) is 3.37. The Balaban J connectivity index is 1.99. The first-order chi connectivity index (χ1) is 12.4. The Morgan fingerprint density at radius 1 is 1.08 bits per heavy atom. The highest BCUT2D eigenvalue weighted by atomic mass is 32.1. The van der Waals surface area contributed by atoms with Gasteiger partial charge in [-0.15, -0.1) is 0 Å². The van der Waals surface area contributed by atoms with E-state index >= 15 is 0 Å². The second-order valence-corrected chi connectivity index (χ2v) is 6.54. The van der Waals surface area contributed by atoms with Crippen LogP contribution in [0.3, 0.4) is 0 Å². The predicted molar refractivity (Wildman–Crippen MR) is 108 cm³/mol. The smallest absolute Gasteiger partial charge is 0.267 e. The van der Waals surface area contributed by atoms with Gasteiger partial charge in [-0.25, -0.2) is 0 Å². The molecule has 8 N–H and O–H groups in total. The Bertz CT molecular complexity index is 917. The minimum absolute atomic E-state index is 0.0212. The van der Waals surface area contributed by atoms with Crippen LogP contribution in [-0.4, -0.2) is 21.8 Å². The first kappa shape index (κ1) is 17.8. The largest absolute Gasteiger partial charge is 0.375 e. The first-order valence-corrected chi connectivity index (χ1v) is 8.49. The summed E-state index contributed by atoms with van der Waals surface area (Å²) < 4.78 is 0.